The maximum absolute atomic E-state index is 10.9. The van der Waals surface area contributed by atoms with Crippen LogP contribution in [0.3, 0.4) is 0 Å². The third-order valence-corrected chi connectivity index (χ3v) is 2.58. The molecule has 0 aliphatic heterocycles. The van der Waals surface area contributed by atoms with E-state index in [0.29, 0.717) is 0 Å². The second-order valence-corrected chi connectivity index (χ2v) is 4.36. The van der Waals surface area contributed by atoms with E-state index in [1.165, 1.54) is 20.1 Å². The van der Waals surface area contributed by atoms with Crippen LogP contribution in [0.5, 0.6) is 5.75 Å². The smallest absolute Gasteiger partial charge is 0.862 e. The summed E-state index contributed by atoms with van der Waals surface area (Å²) in [6, 6.07) is 3.54. The normalized spacial score (nSPS) is 11.8. The number of hydrogen-bond donors (Lipinski definition) is 1. The molecule has 0 fully saturated rings. The second kappa shape index (κ2) is 6.36. The van der Waals surface area contributed by atoms with Crippen molar-refractivity contribution < 1.29 is 52.4 Å². The van der Waals surface area contributed by atoms with Crippen molar-refractivity contribution in [3.63, 3.8) is 0 Å². The molecule has 0 aromatic heterocycles. The first kappa shape index (κ1) is 16.4. The number of methoxy groups -OCH3 is 1. The maximum Gasteiger partial charge on any atom is 1.00 e. The van der Waals surface area contributed by atoms with Crippen molar-refractivity contribution >= 4 is 21.7 Å². The number of ether oxygens (including phenoxy) is 1. The van der Waals surface area contributed by atoms with E-state index < -0.39 is 16.0 Å². The monoisotopic (exact) mass is 267 g/mol. The molecule has 6 nitrogen and oxygen atoms in total. The van der Waals surface area contributed by atoms with Crippen LogP contribution < -0.4 is 39.4 Å². The van der Waals surface area contributed by atoms with E-state index in [0.717, 1.165) is 12.1 Å². The third-order valence-electron chi connectivity index (χ3n) is 1.73. The molecule has 0 bridgehead atoms. The van der Waals surface area contributed by atoms with Crippen molar-refractivity contribution in [1.82, 2.24) is 0 Å². The summed E-state index contributed by atoms with van der Waals surface area (Å²) in [5.41, 5.74) is 0.0603. The van der Waals surface area contributed by atoms with Gasteiger partial charge in [-0.2, -0.15) is 8.42 Å². The van der Waals surface area contributed by atoms with Crippen LogP contribution in [-0.4, -0.2) is 26.0 Å². The molecule has 17 heavy (non-hydrogen) atoms. The predicted molar refractivity (Wildman–Crippen MR) is 55.6 cm³/mol. The van der Waals surface area contributed by atoms with Gasteiger partial charge < -0.3 is 9.84 Å². The van der Waals surface area contributed by atoms with Crippen LogP contribution in [0.2, 0.25) is 0 Å². The van der Waals surface area contributed by atoms with Gasteiger partial charge in [0.05, 0.1) is 12.0 Å². The molecule has 0 aliphatic carbocycles. The van der Waals surface area contributed by atoms with E-state index in [2.05, 4.69) is 4.99 Å². The number of rotatable bonds is 3. The van der Waals surface area contributed by atoms with Gasteiger partial charge in [0.1, 0.15) is 11.4 Å². The molecule has 0 radical (unpaired) electrons. The molecule has 0 aliphatic rings. The first-order valence-corrected chi connectivity index (χ1v) is 5.66. The predicted octanol–water partition coefficient (Wildman–Crippen LogP) is -2.64. The summed E-state index contributed by atoms with van der Waals surface area (Å²) in [7, 11) is -2.95. The minimum absolute atomic E-state index is 0. The fourth-order valence-corrected chi connectivity index (χ4v) is 1.59. The summed E-state index contributed by atoms with van der Waals surface area (Å²) in [5, 5.41) is 10.8. The summed E-state index contributed by atoms with van der Waals surface area (Å²) in [4.78, 5) is 3.23. The zero-order chi connectivity index (χ0) is 12.3. The molecule has 88 valence electrons. The van der Waals surface area contributed by atoms with Crippen molar-refractivity contribution in [1.29, 1.82) is 0 Å². The molecule has 0 heterocycles. The van der Waals surface area contributed by atoms with Gasteiger partial charge in [0.2, 0.25) is 0 Å². The summed E-state index contributed by atoms with van der Waals surface area (Å²) in [6.45, 7) is 1.22. The molecular weight excluding hydrogens is 257 g/mol. The van der Waals surface area contributed by atoms with Gasteiger partial charge in [0.25, 0.3) is 10.1 Å². The van der Waals surface area contributed by atoms with E-state index in [1.807, 2.05) is 0 Å². The minimum atomic E-state index is -4.31. The molecule has 0 saturated heterocycles. The van der Waals surface area contributed by atoms with Crippen LogP contribution in [-0.2, 0) is 10.1 Å². The van der Waals surface area contributed by atoms with Crippen molar-refractivity contribution in [2.24, 2.45) is 4.99 Å². The minimum Gasteiger partial charge on any atom is -0.862 e. The fraction of sp³-hybridized carbons (Fsp3) is 0.222. The molecule has 1 aromatic carbocycles. The SMILES string of the molecule is COc1ccc(S(=O)(=O)O)cc1N=C(C)[O-].[Na+]. The second-order valence-electron chi connectivity index (χ2n) is 2.94. The topological polar surface area (TPSA) is 99.0 Å². The summed E-state index contributed by atoms with van der Waals surface area (Å²) >= 11 is 0. The quantitative estimate of drug-likeness (QED) is 0.279. The Labute approximate surface area is 121 Å². The molecule has 1 aromatic rings. The zero-order valence-corrected chi connectivity index (χ0v) is 12.5. The van der Waals surface area contributed by atoms with Gasteiger partial charge in [0, 0.05) is 0 Å². The molecule has 0 unspecified atom stereocenters. The molecule has 0 spiro atoms. The Morgan fingerprint density at radius 2 is 2.06 bits per heavy atom. The van der Waals surface area contributed by atoms with Gasteiger partial charge in [-0.25, -0.2) is 0 Å². The largest absolute Gasteiger partial charge is 1.00 e. The van der Waals surface area contributed by atoms with Gasteiger partial charge in [-0.3, -0.25) is 9.55 Å². The summed E-state index contributed by atoms with van der Waals surface area (Å²) < 4.78 is 35.4. The van der Waals surface area contributed by atoms with E-state index in [1.54, 1.807) is 0 Å². The summed E-state index contributed by atoms with van der Waals surface area (Å²) in [6.07, 6.45) is 0. The van der Waals surface area contributed by atoms with Crippen LogP contribution in [0, 0.1) is 0 Å². The van der Waals surface area contributed by atoms with Crippen molar-refractivity contribution in [3.05, 3.63) is 18.2 Å². The van der Waals surface area contributed by atoms with E-state index in [-0.39, 0.29) is 45.9 Å². The Hall–Kier alpha value is -0.600. The van der Waals surface area contributed by atoms with Crippen LogP contribution in [0.1, 0.15) is 6.92 Å². The average Bonchev–Trinajstić information content (AvgIpc) is 2.15. The van der Waals surface area contributed by atoms with Crippen LogP contribution in [0.15, 0.2) is 28.1 Å². The standard InChI is InChI=1S/C9H11NO5S.Na/c1-6(11)10-8-5-7(16(12,13)14)3-4-9(8)15-2;/h3-5H,1-2H3,(H,10,11)(H,12,13,14);/q;+1/p-1. The molecule has 8 heteroatoms. The maximum atomic E-state index is 10.9. The Bertz CT molecular complexity index is 522. The number of hydrogen-bond acceptors (Lipinski definition) is 5. The Morgan fingerprint density at radius 3 is 2.47 bits per heavy atom. The third kappa shape index (κ3) is 4.64. The van der Waals surface area contributed by atoms with Gasteiger partial charge in [-0.1, -0.05) is 0 Å². The van der Waals surface area contributed by atoms with E-state index >= 15 is 0 Å². The molecule has 0 amide bonds. The number of benzene rings is 1. The fourth-order valence-electron chi connectivity index (χ4n) is 1.09. The van der Waals surface area contributed by atoms with Gasteiger partial charge in [0.15, 0.2) is 0 Å². The number of nitrogens with zero attached hydrogens (tertiary/aromatic N) is 1. The summed E-state index contributed by atoms with van der Waals surface area (Å²) in [5.74, 6) is -0.242. The van der Waals surface area contributed by atoms with Gasteiger partial charge in [-0.05, 0) is 31.0 Å². The van der Waals surface area contributed by atoms with Crippen LogP contribution in [0.25, 0.3) is 0 Å². The van der Waals surface area contributed by atoms with Crippen LogP contribution >= 0.6 is 0 Å². The van der Waals surface area contributed by atoms with Crippen molar-refractivity contribution in [3.8, 4) is 5.75 Å². The number of aliphatic imine (C=N–C) groups is 1. The Balaban J connectivity index is 0.00000256. The first-order valence-electron chi connectivity index (χ1n) is 4.22. The molecular formula is C9H10NNaO5S. The van der Waals surface area contributed by atoms with E-state index in [4.69, 9.17) is 9.29 Å². The molecule has 1 N–H and O–H groups in total. The zero-order valence-electron chi connectivity index (χ0n) is 9.67. The first-order chi connectivity index (χ1) is 7.34. The van der Waals surface area contributed by atoms with Gasteiger partial charge in [-0.15, -0.1) is 0 Å². The van der Waals surface area contributed by atoms with E-state index in [9.17, 15) is 13.5 Å². The molecule has 1 rings (SSSR count). The Morgan fingerprint density at radius 1 is 1.47 bits per heavy atom. The average molecular weight is 267 g/mol. The van der Waals surface area contributed by atoms with Crippen LogP contribution in [0.4, 0.5) is 5.69 Å². The molecule has 0 saturated carbocycles. The molecule has 0 atom stereocenters. The Kier molecular flexibility index (Phi) is 6.14. The van der Waals surface area contributed by atoms with Crippen molar-refractivity contribution in [2.45, 2.75) is 11.8 Å². The van der Waals surface area contributed by atoms with Gasteiger partial charge >= 0.3 is 29.6 Å². The van der Waals surface area contributed by atoms with Crippen molar-refractivity contribution in [2.75, 3.05) is 7.11 Å².